The van der Waals surface area contributed by atoms with E-state index in [1.807, 2.05) is 0 Å². The number of nitrogens with zero attached hydrogens (tertiary/aromatic N) is 4. The molecule has 1 heterocycles. The van der Waals surface area contributed by atoms with Crippen molar-refractivity contribution in [3.05, 3.63) is 0 Å². The van der Waals surface area contributed by atoms with Crippen molar-refractivity contribution in [2.24, 2.45) is 20.7 Å². The fraction of sp³-hybridized carbons (Fsp3) is 1.00. The van der Waals surface area contributed by atoms with Crippen LogP contribution in [0.1, 0.15) is 13.3 Å². The van der Waals surface area contributed by atoms with E-state index in [4.69, 9.17) is 0 Å². The molecule has 44 valence electrons. The molecule has 1 rings (SSSR count). The summed E-state index contributed by atoms with van der Waals surface area (Å²) in [6, 6.07) is 0. The molecule has 0 saturated carbocycles. The lowest BCUT2D eigenvalue weighted by Crippen LogP contribution is -2.10. The minimum absolute atomic E-state index is 0.194. The van der Waals surface area contributed by atoms with Crippen molar-refractivity contribution < 1.29 is 4.39 Å². The molecule has 0 radical (unpaired) electrons. The molecule has 0 aromatic carbocycles. The van der Waals surface area contributed by atoms with E-state index in [-0.39, 0.29) is 6.42 Å². The van der Waals surface area contributed by atoms with E-state index in [0.29, 0.717) is 0 Å². The smallest absolute Gasteiger partial charge is 0.187 e. The van der Waals surface area contributed by atoms with Gasteiger partial charge in [0.15, 0.2) is 0 Å². The van der Waals surface area contributed by atoms with Crippen molar-refractivity contribution in [3.63, 3.8) is 0 Å². The summed E-state index contributed by atoms with van der Waals surface area (Å²) in [6.07, 6.45) is 0.194. The van der Waals surface area contributed by atoms with Crippen molar-refractivity contribution in [2.45, 2.75) is 19.3 Å². The van der Waals surface area contributed by atoms with Crippen molar-refractivity contribution in [1.29, 1.82) is 0 Å². The molecule has 0 bridgehead atoms. The Morgan fingerprint density at radius 1 is 1.38 bits per heavy atom. The Kier molecular flexibility index (Phi) is 1.04. The third-order valence-corrected chi connectivity index (χ3v) is 0.886. The maximum absolute atomic E-state index is 12.5. The third kappa shape index (κ3) is 0.706. The quantitative estimate of drug-likeness (QED) is 0.469. The van der Waals surface area contributed by atoms with Crippen LogP contribution < -0.4 is 0 Å². The molecule has 0 aromatic rings. The minimum Gasteiger partial charge on any atom is -0.187 e. The Morgan fingerprint density at radius 3 is 2.12 bits per heavy atom. The monoisotopic (exact) mass is 116 g/mol. The van der Waals surface area contributed by atoms with Gasteiger partial charge in [0.1, 0.15) is 0 Å². The molecule has 4 nitrogen and oxygen atoms in total. The van der Waals surface area contributed by atoms with Crippen LogP contribution in [-0.4, -0.2) is 5.92 Å². The van der Waals surface area contributed by atoms with E-state index < -0.39 is 5.92 Å². The van der Waals surface area contributed by atoms with Gasteiger partial charge in [-0.25, -0.2) is 0 Å². The zero-order valence-electron chi connectivity index (χ0n) is 4.37. The summed E-state index contributed by atoms with van der Waals surface area (Å²) >= 11 is 0. The highest BCUT2D eigenvalue weighted by Gasteiger charge is 2.29. The van der Waals surface area contributed by atoms with Crippen LogP contribution in [0.25, 0.3) is 0 Å². The molecule has 0 aliphatic carbocycles. The molecule has 0 saturated heterocycles. The normalized spacial score (nSPS) is 22.2. The number of hydrogen-bond acceptors (Lipinski definition) is 4. The molecule has 1 aliphatic heterocycles. The lowest BCUT2D eigenvalue weighted by molar-refractivity contribution is 0.178. The van der Waals surface area contributed by atoms with Crippen LogP contribution in [0.15, 0.2) is 20.7 Å². The van der Waals surface area contributed by atoms with Crippen molar-refractivity contribution in [3.8, 4) is 0 Å². The summed E-state index contributed by atoms with van der Waals surface area (Å²) < 4.78 is 12.5. The second-order valence-electron chi connectivity index (χ2n) is 1.45. The van der Waals surface area contributed by atoms with E-state index >= 15 is 0 Å². The molecule has 5 heteroatoms. The largest absolute Gasteiger partial charge is 0.332 e. The lowest BCUT2D eigenvalue weighted by atomic mass is 10.4. The fourth-order valence-corrected chi connectivity index (χ4v) is 0.338. The molecule has 0 unspecified atom stereocenters. The lowest BCUT2D eigenvalue weighted by Gasteiger charge is -2.01. The maximum atomic E-state index is 12.5. The predicted molar refractivity (Wildman–Crippen MR) is 23.8 cm³/mol. The van der Waals surface area contributed by atoms with Gasteiger partial charge in [-0.15, -0.1) is 10.2 Å². The average molecular weight is 116 g/mol. The standard InChI is InChI=1S/C3H5FN4/c1-2-3(4)5-7-8-6-3/h2H2,1H3. The zero-order valence-corrected chi connectivity index (χ0v) is 4.37. The van der Waals surface area contributed by atoms with Crippen LogP contribution in [0, 0.1) is 0 Å². The molecule has 0 amide bonds. The highest BCUT2D eigenvalue weighted by atomic mass is 19.1. The Morgan fingerprint density at radius 2 is 1.88 bits per heavy atom. The van der Waals surface area contributed by atoms with Crippen LogP contribution >= 0.6 is 0 Å². The highest BCUT2D eigenvalue weighted by molar-refractivity contribution is 4.68. The van der Waals surface area contributed by atoms with E-state index in [0.717, 1.165) is 0 Å². The van der Waals surface area contributed by atoms with Gasteiger partial charge in [0.2, 0.25) is 0 Å². The van der Waals surface area contributed by atoms with Crippen molar-refractivity contribution in [2.75, 3.05) is 0 Å². The Hall–Kier alpha value is -0.870. The predicted octanol–water partition coefficient (Wildman–Crippen LogP) is 1.85. The first kappa shape index (κ1) is 5.27. The van der Waals surface area contributed by atoms with Crippen LogP contribution in [0.5, 0.6) is 0 Å². The molecule has 0 aromatic heterocycles. The van der Waals surface area contributed by atoms with Gasteiger partial charge in [-0.1, -0.05) is 6.92 Å². The number of hydrogen-bond donors (Lipinski definition) is 0. The van der Waals surface area contributed by atoms with Gasteiger partial charge in [-0.05, 0) is 10.4 Å². The Labute approximate surface area is 45.5 Å². The summed E-state index contributed by atoms with van der Waals surface area (Å²) in [7, 11) is 0. The van der Waals surface area contributed by atoms with Gasteiger partial charge in [0, 0.05) is 6.42 Å². The van der Waals surface area contributed by atoms with E-state index in [1.54, 1.807) is 6.92 Å². The maximum Gasteiger partial charge on any atom is 0.332 e. The highest BCUT2D eigenvalue weighted by Crippen LogP contribution is 2.24. The van der Waals surface area contributed by atoms with Crippen LogP contribution in [-0.2, 0) is 0 Å². The van der Waals surface area contributed by atoms with E-state index in [9.17, 15) is 4.39 Å². The second kappa shape index (κ2) is 1.57. The van der Waals surface area contributed by atoms with Gasteiger partial charge >= 0.3 is 5.92 Å². The van der Waals surface area contributed by atoms with Gasteiger partial charge in [-0.3, -0.25) is 0 Å². The summed E-state index contributed by atoms with van der Waals surface area (Å²) in [5.41, 5.74) is 0. The average Bonchev–Trinajstić information content (AvgIpc) is 2.17. The Bertz CT molecular complexity index is 128. The molecule has 0 spiro atoms. The summed E-state index contributed by atoms with van der Waals surface area (Å²) in [6.45, 7) is 1.63. The van der Waals surface area contributed by atoms with Gasteiger partial charge in [-0.2, -0.15) is 4.39 Å². The topological polar surface area (TPSA) is 49.4 Å². The first-order valence-electron chi connectivity index (χ1n) is 2.30. The van der Waals surface area contributed by atoms with Gasteiger partial charge < -0.3 is 0 Å². The van der Waals surface area contributed by atoms with Gasteiger partial charge in [0.05, 0.1) is 0 Å². The Balaban J connectivity index is 2.69. The van der Waals surface area contributed by atoms with Crippen LogP contribution in [0.4, 0.5) is 4.39 Å². The molecular weight excluding hydrogens is 111 g/mol. The first-order valence-corrected chi connectivity index (χ1v) is 2.30. The molecule has 0 fully saturated rings. The summed E-state index contributed by atoms with van der Waals surface area (Å²) in [5.74, 6) is -1.85. The fourth-order valence-electron chi connectivity index (χ4n) is 0.338. The third-order valence-electron chi connectivity index (χ3n) is 0.886. The SMILES string of the molecule is CCC1(F)N=NN=N1. The molecular formula is C3H5FN4. The van der Waals surface area contributed by atoms with Gasteiger partial charge in [0.25, 0.3) is 0 Å². The zero-order chi connectivity index (χ0) is 6.04. The molecule has 0 N–H and O–H groups in total. The molecule has 0 atom stereocenters. The second-order valence-corrected chi connectivity index (χ2v) is 1.45. The van der Waals surface area contributed by atoms with E-state index in [2.05, 4.69) is 20.7 Å². The number of alkyl halides is 1. The van der Waals surface area contributed by atoms with Crippen molar-refractivity contribution in [1.82, 2.24) is 0 Å². The molecule has 8 heavy (non-hydrogen) atoms. The van der Waals surface area contributed by atoms with Crippen molar-refractivity contribution >= 4 is 0 Å². The summed E-state index contributed by atoms with van der Waals surface area (Å²) in [4.78, 5) is 0. The first-order chi connectivity index (χ1) is 3.77. The molecule has 1 aliphatic rings. The number of rotatable bonds is 1. The number of halogens is 1. The van der Waals surface area contributed by atoms with Crippen LogP contribution in [0.2, 0.25) is 0 Å². The van der Waals surface area contributed by atoms with Crippen LogP contribution in [0.3, 0.4) is 0 Å². The minimum atomic E-state index is -1.85. The summed E-state index contributed by atoms with van der Waals surface area (Å²) in [5, 5.41) is 12.3. The van der Waals surface area contributed by atoms with E-state index in [1.165, 1.54) is 0 Å².